The number of nitrogens with one attached hydrogen (secondary N) is 2. The van der Waals surface area contributed by atoms with Gasteiger partial charge >= 0.3 is 0 Å². The van der Waals surface area contributed by atoms with Crippen molar-refractivity contribution in [2.45, 2.75) is 44.6 Å². The number of likely N-dealkylation sites (tertiary alicyclic amines) is 1. The molecule has 0 spiro atoms. The molecule has 0 aliphatic carbocycles. The highest BCUT2D eigenvalue weighted by Gasteiger charge is 2.19. The second-order valence-corrected chi connectivity index (χ2v) is 9.18. The van der Waals surface area contributed by atoms with Crippen LogP contribution in [0.25, 0.3) is 0 Å². The van der Waals surface area contributed by atoms with E-state index in [2.05, 4.69) is 20.0 Å². The van der Waals surface area contributed by atoms with Crippen molar-refractivity contribution in [1.82, 2.24) is 20.0 Å². The molecule has 8 heteroatoms. The Morgan fingerprint density at radius 3 is 2.36 bits per heavy atom. The van der Waals surface area contributed by atoms with Crippen LogP contribution in [0, 0.1) is 13.8 Å². The first kappa shape index (κ1) is 20.8. The number of nitrogens with zero attached hydrogens (tertiary/aromatic N) is 3. The van der Waals surface area contributed by atoms with Crippen LogP contribution in [0.3, 0.4) is 0 Å². The van der Waals surface area contributed by atoms with Crippen LogP contribution >= 0.6 is 0 Å². The van der Waals surface area contributed by atoms with E-state index in [4.69, 9.17) is 0 Å². The number of aromatic nitrogens is 2. The van der Waals surface area contributed by atoms with Gasteiger partial charge in [0.2, 0.25) is 0 Å². The summed E-state index contributed by atoms with van der Waals surface area (Å²) >= 11 is 0. The van der Waals surface area contributed by atoms with Crippen LogP contribution in [-0.4, -0.2) is 49.3 Å². The molecule has 0 atom stereocenters. The molecule has 1 aromatic carbocycles. The summed E-state index contributed by atoms with van der Waals surface area (Å²) in [6.45, 7) is 8.80. The number of benzene rings is 1. The fraction of sp³-hybridized carbons (Fsp3) is 0.550. The topological polar surface area (TPSA) is 79.3 Å². The van der Waals surface area contributed by atoms with E-state index in [1.54, 1.807) is 30.8 Å². The largest absolute Gasteiger partial charge is 0.311 e. The number of hydrogen-bond donors (Lipinski definition) is 2. The smallest absolute Gasteiger partial charge is 0.262 e. The van der Waals surface area contributed by atoms with Crippen LogP contribution in [0.5, 0.6) is 0 Å². The molecule has 0 saturated carbocycles. The molecule has 2 aromatic rings. The van der Waals surface area contributed by atoms with Gasteiger partial charge in [-0.05, 0) is 57.5 Å². The third kappa shape index (κ3) is 5.12. The zero-order valence-corrected chi connectivity index (χ0v) is 17.8. The molecule has 0 bridgehead atoms. The molecule has 1 aliphatic heterocycles. The summed E-state index contributed by atoms with van der Waals surface area (Å²) in [7, 11) is -1.83. The Morgan fingerprint density at radius 2 is 1.75 bits per heavy atom. The minimum atomic E-state index is -3.63. The lowest BCUT2D eigenvalue weighted by Gasteiger charge is -2.26. The van der Waals surface area contributed by atoms with E-state index in [0.29, 0.717) is 11.4 Å². The van der Waals surface area contributed by atoms with Gasteiger partial charge < -0.3 is 10.2 Å². The number of sulfonamides is 1. The second-order valence-electron chi connectivity index (χ2n) is 7.50. The monoisotopic (exact) mass is 405 g/mol. The van der Waals surface area contributed by atoms with Crippen molar-refractivity contribution in [3.8, 4) is 0 Å². The third-order valence-corrected chi connectivity index (χ3v) is 6.73. The summed E-state index contributed by atoms with van der Waals surface area (Å²) in [4.78, 5) is 2.76. The van der Waals surface area contributed by atoms with E-state index in [1.165, 1.54) is 32.4 Å². The maximum Gasteiger partial charge on any atom is 0.262 e. The van der Waals surface area contributed by atoms with E-state index >= 15 is 0 Å². The van der Waals surface area contributed by atoms with Crippen LogP contribution < -0.4 is 10.0 Å². The zero-order valence-electron chi connectivity index (χ0n) is 17.0. The predicted octanol–water partition coefficient (Wildman–Crippen LogP) is 2.41. The molecule has 1 aliphatic rings. The molecular weight excluding hydrogens is 374 g/mol. The summed E-state index contributed by atoms with van der Waals surface area (Å²) < 4.78 is 29.7. The number of piperidine rings is 1. The molecule has 3 rings (SSSR count). The summed E-state index contributed by atoms with van der Waals surface area (Å²) in [5.41, 5.74) is 3.07. The van der Waals surface area contributed by atoms with Crippen LogP contribution in [0.4, 0.5) is 5.69 Å². The molecule has 1 saturated heterocycles. The molecular formula is C20H31N5O2S. The lowest BCUT2D eigenvalue weighted by molar-refractivity contribution is 0.229. The summed E-state index contributed by atoms with van der Waals surface area (Å²) in [5, 5.41) is 7.70. The van der Waals surface area contributed by atoms with Crippen molar-refractivity contribution in [1.29, 1.82) is 0 Å². The molecule has 0 amide bonds. The number of rotatable bonds is 8. The highest BCUT2D eigenvalue weighted by Crippen LogP contribution is 2.22. The fourth-order valence-corrected chi connectivity index (χ4v) is 4.73. The van der Waals surface area contributed by atoms with Gasteiger partial charge in [-0.3, -0.25) is 9.40 Å². The highest BCUT2D eigenvalue weighted by molar-refractivity contribution is 7.92. The molecule has 7 nitrogen and oxygen atoms in total. The van der Waals surface area contributed by atoms with Gasteiger partial charge in [-0.15, -0.1) is 0 Å². The van der Waals surface area contributed by atoms with E-state index in [1.807, 2.05) is 19.1 Å². The molecule has 28 heavy (non-hydrogen) atoms. The van der Waals surface area contributed by atoms with Crippen molar-refractivity contribution in [2.75, 3.05) is 30.9 Å². The fourth-order valence-electron chi connectivity index (χ4n) is 3.55. The molecule has 154 valence electrons. The Hall–Kier alpha value is -1.90. The Kier molecular flexibility index (Phi) is 6.74. The summed E-state index contributed by atoms with van der Waals surface area (Å²) in [6.07, 6.45) is 3.97. The summed E-state index contributed by atoms with van der Waals surface area (Å²) in [6, 6.07) is 7.05. The number of aryl methyl sites for hydroxylation is 2. The van der Waals surface area contributed by atoms with Crippen LogP contribution in [0.1, 0.15) is 36.2 Å². The quantitative estimate of drug-likeness (QED) is 0.660. The zero-order chi connectivity index (χ0) is 20.1. The average Bonchev–Trinajstić information content (AvgIpc) is 2.92. The van der Waals surface area contributed by atoms with Crippen LogP contribution in [0.15, 0.2) is 29.2 Å². The van der Waals surface area contributed by atoms with Crippen molar-refractivity contribution >= 4 is 15.7 Å². The SMILES string of the molecule is Cc1nn(C)c(C)c1NS(=O)(=O)c1ccc(CNCCN2CCCCC2)cc1. The number of anilines is 1. The van der Waals surface area contributed by atoms with Gasteiger partial charge in [0.15, 0.2) is 0 Å². The van der Waals surface area contributed by atoms with Crippen molar-refractivity contribution in [3.63, 3.8) is 0 Å². The van der Waals surface area contributed by atoms with Gasteiger partial charge in [0.25, 0.3) is 10.0 Å². The first-order valence-electron chi connectivity index (χ1n) is 9.92. The van der Waals surface area contributed by atoms with Gasteiger partial charge in [-0.2, -0.15) is 5.10 Å². The Labute approximate surface area is 168 Å². The third-order valence-electron chi connectivity index (χ3n) is 5.36. The molecule has 0 radical (unpaired) electrons. The van der Waals surface area contributed by atoms with Gasteiger partial charge in [0.1, 0.15) is 0 Å². The molecule has 1 fully saturated rings. The highest BCUT2D eigenvalue weighted by atomic mass is 32.2. The molecule has 0 unspecified atom stereocenters. The maximum absolute atomic E-state index is 12.7. The predicted molar refractivity (Wildman–Crippen MR) is 112 cm³/mol. The van der Waals surface area contributed by atoms with E-state index < -0.39 is 10.0 Å². The van der Waals surface area contributed by atoms with Crippen LogP contribution in [-0.2, 0) is 23.6 Å². The number of hydrogen-bond acceptors (Lipinski definition) is 5. The molecule has 1 aromatic heterocycles. The Balaban J connectivity index is 1.54. The van der Waals surface area contributed by atoms with Gasteiger partial charge in [0, 0.05) is 26.7 Å². The first-order valence-corrected chi connectivity index (χ1v) is 11.4. The van der Waals surface area contributed by atoms with E-state index in [9.17, 15) is 8.42 Å². The van der Waals surface area contributed by atoms with Crippen molar-refractivity contribution in [2.24, 2.45) is 7.05 Å². The lowest BCUT2D eigenvalue weighted by Crippen LogP contribution is -2.35. The first-order chi connectivity index (χ1) is 13.4. The lowest BCUT2D eigenvalue weighted by atomic mass is 10.1. The minimum absolute atomic E-state index is 0.257. The van der Waals surface area contributed by atoms with Crippen molar-refractivity contribution < 1.29 is 8.42 Å². The molecule has 2 N–H and O–H groups in total. The van der Waals surface area contributed by atoms with Crippen molar-refractivity contribution in [3.05, 3.63) is 41.2 Å². The van der Waals surface area contributed by atoms with E-state index in [-0.39, 0.29) is 4.90 Å². The maximum atomic E-state index is 12.7. The normalized spacial score (nSPS) is 15.7. The van der Waals surface area contributed by atoms with E-state index in [0.717, 1.165) is 30.9 Å². The van der Waals surface area contributed by atoms with Crippen LogP contribution in [0.2, 0.25) is 0 Å². The van der Waals surface area contributed by atoms with Gasteiger partial charge in [0.05, 0.1) is 22.0 Å². The standard InChI is InChI=1S/C20H31N5O2S/c1-16-20(17(2)24(3)22-16)23-28(26,27)19-9-7-18(8-10-19)15-21-11-14-25-12-5-4-6-13-25/h7-10,21,23H,4-6,11-15H2,1-3H3. The molecule has 2 heterocycles. The van der Waals surface area contributed by atoms with Gasteiger partial charge in [-0.1, -0.05) is 18.6 Å². The summed E-state index contributed by atoms with van der Waals surface area (Å²) in [5.74, 6) is 0. The Bertz CT molecular complexity index is 884. The second kappa shape index (κ2) is 9.07. The van der Waals surface area contributed by atoms with Gasteiger partial charge in [-0.25, -0.2) is 8.42 Å². The Morgan fingerprint density at radius 1 is 1.07 bits per heavy atom. The minimum Gasteiger partial charge on any atom is -0.311 e. The average molecular weight is 406 g/mol.